The molecule has 0 saturated heterocycles. The first-order valence-corrected chi connectivity index (χ1v) is 4.76. The van der Waals surface area contributed by atoms with Crippen molar-refractivity contribution in [1.82, 2.24) is 4.98 Å². The minimum Gasteiger partial charge on any atom is -0.398 e. The van der Waals surface area contributed by atoms with Gasteiger partial charge in [0.25, 0.3) is 0 Å². The van der Waals surface area contributed by atoms with Crippen molar-refractivity contribution >= 4 is 5.69 Å². The van der Waals surface area contributed by atoms with Gasteiger partial charge in [-0.05, 0) is 18.9 Å². The molecule has 4 heteroatoms. The third-order valence-corrected chi connectivity index (χ3v) is 2.83. The standard InChI is InChI=1S/C10H14FN3/c11-10(3-1-7(12)5-10)8-6-14-4-2-9(8)13/h2,4,6-7H,1,3,5,12H2,(H2,13,14). The normalized spacial score (nSPS) is 32.0. The molecule has 14 heavy (non-hydrogen) atoms. The molecule has 0 radical (unpaired) electrons. The SMILES string of the molecule is Nc1ccncc1C1(F)CCC(N)C1. The Bertz CT molecular complexity index is 342. The molecular formula is C10H14FN3. The molecule has 2 rings (SSSR count). The van der Waals surface area contributed by atoms with Crippen LogP contribution < -0.4 is 11.5 Å². The quantitative estimate of drug-likeness (QED) is 0.710. The number of hydrogen-bond acceptors (Lipinski definition) is 3. The number of nitrogens with two attached hydrogens (primary N) is 2. The van der Waals surface area contributed by atoms with Crippen LogP contribution in [0.1, 0.15) is 24.8 Å². The van der Waals surface area contributed by atoms with E-state index in [1.807, 2.05) is 0 Å². The van der Waals surface area contributed by atoms with Crippen LogP contribution >= 0.6 is 0 Å². The highest BCUT2D eigenvalue weighted by Gasteiger charge is 2.40. The van der Waals surface area contributed by atoms with Gasteiger partial charge in [0, 0.05) is 36.1 Å². The Kier molecular flexibility index (Phi) is 2.15. The van der Waals surface area contributed by atoms with Crippen LogP contribution in [0, 0.1) is 0 Å². The highest BCUT2D eigenvalue weighted by atomic mass is 19.1. The first-order chi connectivity index (χ1) is 6.62. The van der Waals surface area contributed by atoms with E-state index in [9.17, 15) is 4.39 Å². The van der Waals surface area contributed by atoms with E-state index in [0.717, 1.165) is 0 Å². The van der Waals surface area contributed by atoms with E-state index in [0.29, 0.717) is 30.5 Å². The van der Waals surface area contributed by atoms with Gasteiger partial charge in [0.2, 0.25) is 0 Å². The average molecular weight is 195 g/mol. The lowest BCUT2D eigenvalue weighted by Gasteiger charge is -2.20. The number of hydrogen-bond donors (Lipinski definition) is 2. The summed E-state index contributed by atoms with van der Waals surface area (Å²) in [6, 6.07) is 1.57. The molecule has 0 amide bonds. The topological polar surface area (TPSA) is 64.9 Å². The Hall–Kier alpha value is -1.16. The van der Waals surface area contributed by atoms with Crippen LogP contribution in [0.25, 0.3) is 0 Å². The van der Waals surface area contributed by atoms with Crippen molar-refractivity contribution < 1.29 is 4.39 Å². The molecule has 4 N–H and O–H groups in total. The molecule has 1 aliphatic rings. The van der Waals surface area contributed by atoms with Crippen molar-refractivity contribution in [2.45, 2.75) is 31.0 Å². The summed E-state index contributed by atoms with van der Waals surface area (Å²) in [5, 5.41) is 0. The van der Waals surface area contributed by atoms with Crippen LogP contribution in [0.15, 0.2) is 18.5 Å². The molecule has 3 nitrogen and oxygen atoms in total. The molecular weight excluding hydrogens is 181 g/mol. The van der Waals surface area contributed by atoms with E-state index in [4.69, 9.17) is 11.5 Å². The van der Waals surface area contributed by atoms with Gasteiger partial charge in [0.05, 0.1) is 0 Å². The maximum absolute atomic E-state index is 14.4. The highest BCUT2D eigenvalue weighted by Crippen LogP contribution is 2.43. The molecule has 1 aliphatic carbocycles. The van der Waals surface area contributed by atoms with Crippen molar-refractivity contribution in [3.63, 3.8) is 0 Å². The summed E-state index contributed by atoms with van der Waals surface area (Å²) in [5.41, 5.74) is 11.0. The second-order valence-electron chi connectivity index (χ2n) is 3.93. The Labute approximate surface area is 82.3 Å². The van der Waals surface area contributed by atoms with E-state index in [2.05, 4.69) is 4.98 Å². The van der Waals surface area contributed by atoms with Crippen LogP contribution in [0.5, 0.6) is 0 Å². The molecule has 1 saturated carbocycles. The summed E-state index contributed by atoms with van der Waals surface area (Å²) in [5.74, 6) is 0. The summed E-state index contributed by atoms with van der Waals surface area (Å²) >= 11 is 0. The maximum atomic E-state index is 14.4. The molecule has 0 spiro atoms. The van der Waals surface area contributed by atoms with Gasteiger partial charge in [-0.3, -0.25) is 4.98 Å². The molecule has 0 aromatic carbocycles. The molecule has 1 fully saturated rings. The van der Waals surface area contributed by atoms with E-state index >= 15 is 0 Å². The number of pyridine rings is 1. The first-order valence-electron chi connectivity index (χ1n) is 4.76. The van der Waals surface area contributed by atoms with Crippen LogP contribution in [-0.4, -0.2) is 11.0 Å². The molecule has 1 aromatic rings. The number of rotatable bonds is 1. The predicted molar refractivity (Wildman–Crippen MR) is 53.3 cm³/mol. The van der Waals surface area contributed by atoms with Crippen LogP contribution in [0.2, 0.25) is 0 Å². The van der Waals surface area contributed by atoms with Gasteiger partial charge in [0.15, 0.2) is 0 Å². The van der Waals surface area contributed by atoms with Crippen molar-refractivity contribution in [2.24, 2.45) is 5.73 Å². The molecule has 76 valence electrons. The minimum absolute atomic E-state index is 0.0559. The number of halogens is 1. The van der Waals surface area contributed by atoms with Crippen LogP contribution in [0.3, 0.4) is 0 Å². The Morgan fingerprint density at radius 1 is 1.57 bits per heavy atom. The second-order valence-corrected chi connectivity index (χ2v) is 3.93. The first kappa shape index (κ1) is 9.40. The minimum atomic E-state index is -1.36. The number of alkyl halides is 1. The van der Waals surface area contributed by atoms with Gasteiger partial charge in [-0.15, -0.1) is 0 Å². The van der Waals surface area contributed by atoms with Gasteiger partial charge in [-0.25, -0.2) is 4.39 Å². The second kappa shape index (κ2) is 3.20. The zero-order valence-corrected chi connectivity index (χ0v) is 7.91. The van der Waals surface area contributed by atoms with Gasteiger partial charge in [-0.2, -0.15) is 0 Å². The highest BCUT2D eigenvalue weighted by molar-refractivity contribution is 5.48. The third kappa shape index (κ3) is 1.46. The van der Waals surface area contributed by atoms with Crippen LogP contribution in [-0.2, 0) is 5.67 Å². The van der Waals surface area contributed by atoms with Gasteiger partial charge >= 0.3 is 0 Å². The summed E-state index contributed by atoms with van der Waals surface area (Å²) < 4.78 is 14.4. The molecule has 2 unspecified atom stereocenters. The van der Waals surface area contributed by atoms with E-state index in [1.54, 1.807) is 12.3 Å². The van der Waals surface area contributed by atoms with Gasteiger partial charge in [0.1, 0.15) is 5.67 Å². The lowest BCUT2D eigenvalue weighted by molar-refractivity contribution is 0.173. The van der Waals surface area contributed by atoms with Crippen molar-refractivity contribution in [3.05, 3.63) is 24.0 Å². The molecule has 1 aromatic heterocycles. The predicted octanol–water partition coefficient (Wildman–Crippen LogP) is 1.34. The van der Waals surface area contributed by atoms with Crippen molar-refractivity contribution in [3.8, 4) is 0 Å². The Balaban J connectivity index is 2.35. The Morgan fingerprint density at radius 3 is 2.93 bits per heavy atom. The molecule has 0 bridgehead atoms. The lowest BCUT2D eigenvalue weighted by Crippen LogP contribution is -2.22. The zero-order valence-electron chi connectivity index (χ0n) is 7.91. The molecule has 1 heterocycles. The monoisotopic (exact) mass is 195 g/mol. The van der Waals surface area contributed by atoms with E-state index in [1.165, 1.54) is 6.20 Å². The number of nitrogens with zero attached hydrogens (tertiary/aromatic N) is 1. The van der Waals surface area contributed by atoms with Crippen LogP contribution in [0.4, 0.5) is 10.1 Å². The van der Waals surface area contributed by atoms with Gasteiger partial charge < -0.3 is 11.5 Å². The summed E-state index contributed by atoms with van der Waals surface area (Å²) in [7, 11) is 0. The summed E-state index contributed by atoms with van der Waals surface area (Å²) in [6.45, 7) is 0. The fourth-order valence-corrected chi connectivity index (χ4v) is 2.06. The van der Waals surface area contributed by atoms with Crippen molar-refractivity contribution in [2.75, 3.05) is 5.73 Å². The van der Waals surface area contributed by atoms with E-state index < -0.39 is 5.67 Å². The fraction of sp³-hybridized carbons (Fsp3) is 0.500. The fourth-order valence-electron chi connectivity index (χ4n) is 2.06. The molecule has 0 aliphatic heterocycles. The van der Waals surface area contributed by atoms with Gasteiger partial charge in [-0.1, -0.05) is 0 Å². The average Bonchev–Trinajstić information content (AvgIpc) is 2.48. The maximum Gasteiger partial charge on any atom is 0.141 e. The summed E-state index contributed by atoms with van der Waals surface area (Å²) in [6.07, 6.45) is 4.59. The summed E-state index contributed by atoms with van der Waals surface area (Å²) in [4.78, 5) is 3.90. The lowest BCUT2D eigenvalue weighted by atomic mass is 9.94. The third-order valence-electron chi connectivity index (χ3n) is 2.83. The van der Waals surface area contributed by atoms with Crippen molar-refractivity contribution in [1.29, 1.82) is 0 Å². The number of anilines is 1. The largest absolute Gasteiger partial charge is 0.398 e. The van der Waals surface area contributed by atoms with E-state index in [-0.39, 0.29) is 6.04 Å². The number of aromatic nitrogens is 1. The smallest absolute Gasteiger partial charge is 0.141 e. The zero-order chi connectivity index (χ0) is 10.2. The molecule has 2 atom stereocenters. The Morgan fingerprint density at radius 2 is 2.36 bits per heavy atom. The number of nitrogen functional groups attached to an aromatic ring is 1.